The lowest BCUT2D eigenvalue weighted by molar-refractivity contribution is -0.143. The fraction of sp³-hybridized carbons (Fsp3) is 0.615. The van der Waals surface area contributed by atoms with Crippen molar-refractivity contribution in [2.75, 3.05) is 0 Å². The highest BCUT2D eigenvalue weighted by Gasteiger charge is 2.27. The molecule has 2 atom stereocenters. The smallest absolute Gasteiger partial charge is 0.315 e. The van der Waals surface area contributed by atoms with E-state index in [2.05, 4.69) is 15.8 Å². The molecule has 1 aromatic rings. The molecule has 1 aromatic heterocycles. The number of nitrogens with one attached hydrogen (secondary N) is 2. The zero-order chi connectivity index (χ0) is 14.5. The van der Waals surface area contributed by atoms with Crippen LogP contribution in [-0.2, 0) is 11.3 Å². The van der Waals surface area contributed by atoms with Gasteiger partial charge in [0, 0.05) is 12.1 Å². The van der Waals surface area contributed by atoms with Crippen LogP contribution in [-0.4, -0.2) is 28.3 Å². The fourth-order valence-corrected chi connectivity index (χ4v) is 2.45. The summed E-state index contributed by atoms with van der Waals surface area (Å²) < 4.78 is 4.90. The Hall–Kier alpha value is -2.05. The minimum Gasteiger partial charge on any atom is -0.481 e. The van der Waals surface area contributed by atoms with Crippen molar-refractivity contribution in [3.8, 4) is 0 Å². The number of hydrogen-bond acceptors (Lipinski definition) is 4. The number of aliphatic carboxylic acids is 1. The first-order chi connectivity index (χ1) is 9.54. The number of carboxylic acid groups (broad SMARTS) is 1. The van der Waals surface area contributed by atoms with E-state index in [0.717, 1.165) is 12.8 Å². The van der Waals surface area contributed by atoms with Crippen molar-refractivity contribution in [1.29, 1.82) is 0 Å². The summed E-state index contributed by atoms with van der Waals surface area (Å²) in [4.78, 5) is 22.7. The minimum absolute atomic E-state index is 0.0797. The van der Waals surface area contributed by atoms with E-state index in [9.17, 15) is 9.59 Å². The molecule has 3 N–H and O–H groups in total. The highest BCUT2D eigenvalue weighted by atomic mass is 16.5. The Morgan fingerprint density at radius 2 is 2.30 bits per heavy atom. The summed E-state index contributed by atoms with van der Waals surface area (Å²) in [5.41, 5.74) is 0.657. The second kappa shape index (κ2) is 6.40. The lowest BCUT2D eigenvalue weighted by Gasteiger charge is -2.27. The van der Waals surface area contributed by atoms with Crippen LogP contribution in [0.1, 0.15) is 37.1 Å². The van der Waals surface area contributed by atoms with Gasteiger partial charge in [-0.15, -0.1) is 0 Å². The van der Waals surface area contributed by atoms with Crippen molar-refractivity contribution in [2.24, 2.45) is 5.92 Å². The lowest BCUT2D eigenvalue weighted by Crippen LogP contribution is -2.44. The second-order valence-corrected chi connectivity index (χ2v) is 5.15. The molecule has 1 aliphatic carbocycles. The fourth-order valence-electron chi connectivity index (χ4n) is 2.45. The van der Waals surface area contributed by atoms with Crippen LogP contribution in [0.15, 0.2) is 10.6 Å². The third kappa shape index (κ3) is 3.97. The van der Waals surface area contributed by atoms with Gasteiger partial charge in [0.15, 0.2) is 0 Å². The van der Waals surface area contributed by atoms with Gasteiger partial charge in [0.25, 0.3) is 0 Å². The number of aromatic nitrogens is 1. The van der Waals surface area contributed by atoms with Crippen molar-refractivity contribution < 1.29 is 19.2 Å². The van der Waals surface area contributed by atoms with E-state index in [1.54, 1.807) is 13.0 Å². The Morgan fingerprint density at radius 3 is 2.95 bits per heavy atom. The summed E-state index contributed by atoms with van der Waals surface area (Å²) in [7, 11) is 0. The second-order valence-electron chi connectivity index (χ2n) is 5.15. The molecule has 1 heterocycles. The summed E-state index contributed by atoms with van der Waals surface area (Å²) in [5.74, 6) is -0.444. The molecule has 2 unspecified atom stereocenters. The van der Waals surface area contributed by atoms with Crippen LogP contribution < -0.4 is 10.6 Å². The van der Waals surface area contributed by atoms with Crippen LogP contribution in [0.5, 0.6) is 0 Å². The van der Waals surface area contributed by atoms with Gasteiger partial charge in [-0.25, -0.2) is 4.79 Å². The zero-order valence-corrected chi connectivity index (χ0v) is 11.4. The Balaban J connectivity index is 1.75. The maximum absolute atomic E-state index is 11.7. The van der Waals surface area contributed by atoms with E-state index in [1.807, 2.05) is 0 Å². The highest BCUT2D eigenvalue weighted by molar-refractivity contribution is 5.74. The van der Waals surface area contributed by atoms with Crippen molar-refractivity contribution in [1.82, 2.24) is 15.8 Å². The topological polar surface area (TPSA) is 104 Å². The number of amides is 2. The molecule has 1 aliphatic rings. The van der Waals surface area contributed by atoms with E-state index in [4.69, 9.17) is 9.63 Å². The van der Waals surface area contributed by atoms with Crippen LogP contribution in [0.3, 0.4) is 0 Å². The molecule has 0 saturated heterocycles. The van der Waals surface area contributed by atoms with E-state index < -0.39 is 5.97 Å². The molecule has 1 saturated carbocycles. The number of carbonyl (C=O) groups is 2. The van der Waals surface area contributed by atoms with Crippen molar-refractivity contribution >= 4 is 12.0 Å². The predicted octanol–water partition coefficient (Wildman–Crippen LogP) is 1.43. The molecular formula is C13H19N3O4. The number of urea groups is 1. The number of aryl methyl sites for hydroxylation is 1. The van der Waals surface area contributed by atoms with Crippen LogP contribution in [0, 0.1) is 12.8 Å². The van der Waals surface area contributed by atoms with Crippen molar-refractivity contribution in [2.45, 2.75) is 45.2 Å². The predicted molar refractivity (Wildman–Crippen MR) is 70.0 cm³/mol. The van der Waals surface area contributed by atoms with Gasteiger partial charge in [-0.1, -0.05) is 11.6 Å². The van der Waals surface area contributed by atoms with Crippen molar-refractivity contribution in [3.05, 3.63) is 17.5 Å². The first-order valence-corrected chi connectivity index (χ1v) is 6.74. The molecule has 20 heavy (non-hydrogen) atoms. The molecule has 110 valence electrons. The maximum Gasteiger partial charge on any atom is 0.315 e. The van der Waals surface area contributed by atoms with E-state index >= 15 is 0 Å². The monoisotopic (exact) mass is 281 g/mol. The summed E-state index contributed by atoms with van der Waals surface area (Å²) in [5, 5.41) is 18.3. The van der Waals surface area contributed by atoms with Crippen LogP contribution in [0.4, 0.5) is 4.79 Å². The SMILES string of the molecule is Cc1cc(CNC(=O)NC2CCCC(C(=O)O)C2)no1. The molecule has 7 nitrogen and oxygen atoms in total. The first kappa shape index (κ1) is 14.4. The Bertz CT molecular complexity index is 486. The number of carboxylic acids is 1. The molecule has 2 rings (SSSR count). The molecule has 0 spiro atoms. The van der Waals surface area contributed by atoms with Gasteiger partial charge in [0.05, 0.1) is 12.5 Å². The van der Waals surface area contributed by atoms with Gasteiger partial charge in [-0.3, -0.25) is 4.79 Å². The Labute approximate surface area is 116 Å². The summed E-state index contributed by atoms with van der Waals surface area (Å²) in [6.45, 7) is 2.07. The standard InChI is InChI=1S/C13H19N3O4/c1-8-5-11(16-20-8)7-14-13(19)15-10-4-2-3-9(6-10)12(17)18/h5,9-10H,2-4,6-7H2,1H3,(H,17,18)(H2,14,15,19). The van der Waals surface area contributed by atoms with Gasteiger partial charge in [-0.2, -0.15) is 0 Å². The molecule has 2 amide bonds. The molecule has 7 heteroatoms. The molecular weight excluding hydrogens is 262 g/mol. The van der Waals surface area contributed by atoms with E-state index in [-0.39, 0.29) is 24.5 Å². The largest absolute Gasteiger partial charge is 0.481 e. The molecule has 0 aliphatic heterocycles. The first-order valence-electron chi connectivity index (χ1n) is 6.74. The maximum atomic E-state index is 11.7. The van der Waals surface area contributed by atoms with E-state index in [1.165, 1.54) is 0 Å². The molecule has 0 aromatic carbocycles. The summed E-state index contributed by atoms with van der Waals surface area (Å²) in [6, 6.07) is 1.37. The third-order valence-electron chi connectivity index (χ3n) is 3.47. The number of nitrogens with zero attached hydrogens (tertiary/aromatic N) is 1. The summed E-state index contributed by atoms with van der Waals surface area (Å²) >= 11 is 0. The van der Waals surface area contributed by atoms with Crippen LogP contribution in [0.25, 0.3) is 0 Å². The van der Waals surface area contributed by atoms with Gasteiger partial charge < -0.3 is 20.3 Å². The number of rotatable bonds is 4. The highest BCUT2D eigenvalue weighted by Crippen LogP contribution is 2.24. The quantitative estimate of drug-likeness (QED) is 0.774. The van der Waals surface area contributed by atoms with Crippen LogP contribution >= 0.6 is 0 Å². The average Bonchev–Trinajstić information content (AvgIpc) is 2.82. The average molecular weight is 281 g/mol. The van der Waals surface area contributed by atoms with Gasteiger partial charge in [0.2, 0.25) is 0 Å². The normalized spacial score (nSPS) is 22.2. The third-order valence-corrected chi connectivity index (χ3v) is 3.47. The van der Waals surface area contributed by atoms with Crippen LogP contribution in [0.2, 0.25) is 0 Å². The summed E-state index contributed by atoms with van der Waals surface area (Å²) in [6.07, 6.45) is 2.82. The van der Waals surface area contributed by atoms with Gasteiger partial charge >= 0.3 is 12.0 Å². The van der Waals surface area contributed by atoms with Crippen molar-refractivity contribution in [3.63, 3.8) is 0 Å². The van der Waals surface area contributed by atoms with Gasteiger partial charge in [-0.05, 0) is 26.2 Å². The molecule has 0 radical (unpaired) electrons. The number of hydrogen-bond donors (Lipinski definition) is 3. The van der Waals surface area contributed by atoms with Gasteiger partial charge in [0.1, 0.15) is 11.5 Å². The Morgan fingerprint density at radius 1 is 1.50 bits per heavy atom. The lowest BCUT2D eigenvalue weighted by atomic mass is 9.86. The van der Waals surface area contributed by atoms with E-state index in [0.29, 0.717) is 24.3 Å². The molecule has 1 fully saturated rings. The Kier molecular flexibility index (Phi) is 4.60. The minimum atomic E-state index is -0.782. The zero-order valence-electron chi connectivity index (χ0n) is 11.4. The molecule has 0 bridgehead atoms. The number of carbonyl (C=O) groups excluding carboxylic acids is 1.